The Morgan fingerprint density at radius 2 is 2.27 bits per heavy atom. The van der Waals surface area contributed by atoms with Crippen LogP contribution in [0.4, 0.5) is 0 Å². The van der Waals surface area contributed by atoms with Crippen LogP contribution in [0, 0.1) is 5.92 Å². The van der Waals surface area contributed by atoms with Crippen molar-refractivity contribution in [3.63, 3.8) is 0 Å². The molecule has 1 rings (SSSR count). The SMILES string of the molecule is CC(C)CC1CCNCCO1. The third kappa shape index (κ3) is 3.73. The summed E-state index contributed by atoms with van der Waals surface area (Å²) in [4.78, 5) is 0. The van der Waals surface area contributed by atoms with Gasteiger partial charge in [0.15, 0.2) is 0 Å². The molecule has 1 saturated heterocycles. The topological polar surface area (TPSA) is 21.3 Å². The lowest BCUT2D eigenvalue weighted by molar-refractivity contribution is 0.0500. The predicted molar refractivity (Wildman–Crippen MR) is 46.7 cm³/mol. The maximum atomic E-state index is 5.65. The Morgan fingerprint density at radius 3 is 3.00 bits per heavy atom. The van der Waals surface area contributed by atoms with Crippen LogP contribution in [0.1, 0.15) is 26.7 Å². The third-order valence-corrected chi connectivity index (χ3v) is 2.01. The number of nitrogens with one attached hydrogen (secondary N) is 1. The monoisotopic (exact) mass is 157 g/mol. The van der Waals surface area contributed by atoms with E-state index in [4.69, 9.17) is 4.74 Å². The summed E-state index contributed by atoms with van der Waals surface area (Å²) in [6.45, 7) is 7.53. The highest BCUT2D eigenvalue weighted by Crippen LogP contribution is 2.12. The van der Waals surface area contributed by atoms with Gasteiger partial charge < -0.3 is 10.1 Å². The Bertz CT molecular complexity index is 95.7. The first-order chi connectivity index (χ1) is 5.29. The molecule has 0 bridgehead atoms. The fourth-order valence-electron chi connectivity index (χ4n) is 1.48. The van der Waals surface area contributed by atoms with Crippen molar-refractivity contribution in [2.75, 3.05) is 19.7 Å². The molecule has 0 radical (unpaired) electrons. The first-order valence-corrected chi connectivity index (χ1v) is 4.61. The highest BCUT2D eigenvalue weighted by molar-refractivity contribution is 4.66. The standard InChI is InChI=1S/C9H19NO/c1-8(2)7-9-3-4-10-5-6-11-9/h8-10H,3-7H2,1-2H3. The van der Waals surface area contributed by atoms with Crippen LogP contribution < -0.4 is 5.32 Å². The van der Waals surface area contributed by atoms with Crippen LogP contribution in [0.15, 0.2) is 0 Å². The molecule has 1 atom stereocenters. The molecule has 0 aromatic carbocycles. The molecule has 0 aromatic heterocycles. The Morgan fingerprint density at radius 1 is 1.45 bits per heavy atom. The molecule has 11 heavy (non-hydrogen) atoms. The van der Waals surface area contributed by atoms with Gasteiger partial charge in [-0.25, -0.2) is 0 Å². The van der Waals surface area contributed by atoms with Gasteiger partial charge >= 0.3 is 0 Å². The first kappa shape index (κ1) is 9.01. The molecule has 0 aliphatic carbocycles. The molecule has 2 nitrogen and oxygen atoms in total. The van der Waals surface area contributed by atoms with Crippen LogP contribution in [-0.4, -0.2) is 25.8 Å². The molecule has 1 heterocycles. The summed E-state index contributed by atoms with van der Waals surface area (Å²) < 4.78 is 5.65. The van der Waals surface area contributed by atoms with Gasteiger partial charge in [-0.1, -0.05) is 13.8 Å². The van der Waals surface area contributed by atoms with Gasteiger partial charge in [-0.2, -0.15) is 0 Å². The molecular weight excluding hydrogens is 138 g/mol. The van der Waals surface area contributed by atoms with Gasteiger partial charge in [-0.05, 0) is 25.3 Å². The van der Waals surface area contributed by atoms with Crippen molar-refractivity contribution >= 4 is 0 Å². The van der Waals surface area contributed by atoms with Crippen LogP contribution in [-0.2, 0) is 4.74 Å². The number of ether oxygens (including phenoxy) is 1. The summed E-state index contributed by atoms with van der Waals surface area (Å²) in [5.41, 5.74) is 0. The Hall–Kier alpha value is -0.0800. The maximum absolute atomic E-state index is 5.65. The van der Waals surface area contributed by atoms with Gasteiger partial charge in [0.25, 0.3) is 0 Å². The van der Waals surface area contributed by atoms with E-state index in [-0.39, 0.29) is 0 Å². The van der Waals surface area contributed by atoms with Crippen molar-refractivity contribution in [1.29, 1.82) is 0 Å². The molecule has 0 spiro atoms. The van der Waals surface area contributed by atoms with Gasteiger partial charge in [0.2, 0.25) is 0 Å². The highest BCUT2D eigenvalue weighted by atomic mass is 16.5. The molecule has 1 fully saturated rings. The molecular formula is C9H19NO. The minimum Gasteiger partial charge on any atom is -0.377 e. The lowest BCUT2D eigenvalue weighted by Crippen LogP contribution is -2.16. The summed E-state index contributed by atoms with van der Waals surface area (Å²) in [6, 6.07) is 0. The van der Waals surface area contributed by atoms with E-state index < -0.39 is 0 Å². The second kappa shape index (κ2) is 4.73. The van der Waals surface area contributed by atoms with Crippen LogP contribution in [0.25, 0.3) is 0 Å². The summed E-state index contributed by atoms with van der Waals surface area (Å²) >= 11 is 0. The number of hydrogen-bond donors (Lipinski definition) is 1. The van der Waals surface area contributed by atoms with Gasteiger partial charge in [0.05, 0.1) is 12.7 Å². The Balaban J connectivity index is 2.20. The number of hydrogen-bond acceptors (Lipinski definition) is 2. The van der Waals surface area contributed by atoms with E-state index in [9.17, 15) is 0 Å². The highest BCUT2D eigenvalue weighted by Gasteiger charge is 2.12. The van der Waals surface area contributed by atoms with Gasteiger partial charge in [-0.3, -0.25) is 0 Å². The second-order valence-electron chi connectivity index (χ2n) is 3.66. The number of rotatable bonds is 2. The van der Waals surface area contributed by atoms with E-state index in [0.717, 1.165) is 25.6 Å². The van der Waals surface area contributed by atoms with Crippen molar-refractivity contribution in [2.45, 2.75) is 32.8 Å². The normalized spacial score (nSPS) is 27.0. The summed E-state index contributed by atoms with van der Waals surface area (Å²) in [7, 11) is 0. The largest absolute Gasteiger partial charge is 0.377 e. The minimum absolute atomic E-state index is 0.505. The molecule has 2 heteroatoms. The zero-order valence-electron chi connectivity index (χ0n) is 7.60. The predicted octanol–water partition coefficient (Wildman–Crippen LogP) is 1.41. The smallest absolute Gasteiger partial charge is 0.0594 e. The summed E-state index contributed by atoms with van der Waals surface area (Å²) in [5, 5.41) is 3.33. The molecule has 1 unspecified atom stereocenters. The van der Waals surface area contributed by atoms with Crippen LogP contribution in [0.2, 0.25) is 0 Å². The molecule has 66 valence electrons. The molecule has 1 N–H and O–H groups in total. The molecule has 0 amide bonds. The fraction of sp³-hybridized carbons (Fsp3) is 1.00. The van der Waals surface area contributed by atoms with Crippen LogP contribution in [0.5, 0.6) is 0 Å². The first-order valence-electron chi connectivity index (χ1n) is 4.61. The van der Waals surface area contributed by atoms with Crippen LogP contribution >= 0.6 is 0 Å². The zero-order valence-corrected chi connectivity index (χ0v) is 7.60. The van der Waals surface area contributed by atoms with Gasteiger partial charge in [0.1, 0.15) is 0 Å². The van der Waals surface area contributed by atoms with Crippen molar-refractivity contribution in [2.24, 2.45) is 5.92 Å². The fourth-order valence-corrected chi connectivity index (χ4v) is 1.48. The lowest BCUT2D eigenvalue weighted by Gasteiger charge is -2.16. The maximum Gasteiger partial charge on any atom is 0.0594 e. The van der Waals surface area contributed by atoms with Gasteiger partial charge in [0, 0.05) is 6.54 Å². The average molecular weight is 157 g/mol. The Kier molecular flexibility index (Phi) is 3.87. The summed E-state index contributed by atoms with van der Waals surface area (Å²) in [5.74, 6) is 0.762. The molecule has 1 aliphatic rings. The molecule has 0 aromatic rings. The molecule has 0 saturated carbocycles. The van der Waals surface area contributed by atoms with E-state index in [1.807, 2.05) is 0 Å². The van der Waals surface area contributed by atoms with Crippen molar-refractivity contribution in [3.8, 4) is 0 Å². The average Bonchev–Trinajstić information content (AvgIpc) is 2.14. The van der Waals surface area contributed by atoms with Crippen LogP contribution in [0.3, 0.4) is 0 Å². The van der Waals surface area contributed by atoms with E-state index in [0.29, 0.717) is 6.10 Å². The van der Waals surface area contributed by atoms with E-state index in [1.54, 1.807) is 0 Å². The minimum atomic E-state index is 0.505. The van der Waals surface area contributed by atoms with Crippen molar-refractivity contribution in [1.82, 2.24) is 5.32 Å². The van der Waals surface area contributed by atoms with E-state index in [1.165, 1.54) is 12.8 Å². The molecule has 1 aliphatic heterocycles. The van der Waals surface area contributed by atoms with E-state index >= 15 is 0 Å². The Labute approximate surface area is 69.3 Å². The second-order valence-corrected chi connectivity index (χ2v) is 3.66. The quantitative estimate of drug-likeness (QED) is 0.654. The summed E-state index contributed by atoms with van der Waals surface area (Å²) in [6.07, 6.45) is 2.89. The van der Waals surface area contributed by atoms with Crippen molar-refractivity contribution < 1.29 is 4.74 Å². The third-order valence-electron chi connectivity index (χ3n) is 2.01. The van der Waals surface area contributed by atoms with Crippen molar-refractivity contribution in [3.05, 3.63) is 0 Å². The lowest BCUT2D eigenvalue weighted by atomic mass is 10.0. The van der Waals surface area contributed by atoms with E-state index in [2.05, 4.69) is 19.2 Å². The zero-order chi connectivity index (χ0) is 8.10. The van der Waals surface area contributed by atoms with Gasteiger partial charge in [-0.15, -0.1) is 0 Å².